The number of nitrogens with one attached hydrogen (secondary N) is 1. The van der Waals surface area contributed by atoms with Gasteiger partial charge in [0.25, 0.3) is 0 Å². The van der Waals surface area contributed by atoms with Crippen LogP contribution < -0.4 is 5.32 Å². The summed E-state index contributed by atoms with van der Waals surface area (Å²) in [5.74, 6) is 0.262. The van der Waals surface area contributed by atoms with Gasteiger partial charge in [-0.1, -0.05) is 0 Å². The van der Waals surface area contributed by atoms with Crippen molar-refractivity contribution < 1.29 is 9.53 Å². The van der Waals surface area contributed by atoms with Crippen LogP contribution >= 0.6 is 0 Å². The Labute approximate surface area is 123 Å². The second kappa shape index (κ2) is 7.96. The maximum Gasteiger partial charge on any atom is 0.231 e. The van der Waals surface area contributed by atoms with Gasteiger partial charge in [0.2, 0.25) is 5.91 Å². The van der Waals surface area contributed by atoms with Gasteiger partial charge in [0.1, 0.15) is 0 Å². The largest absolute Gasteiger partial charge is 0.384 e. The van der Waals surface area contributed by atoms with Crippen LogP contribution in [0.1, 0.15) is 26.7 Å². The number of carbonyl (C=O) groups is 1. The summed E-state index contributed by atoms with van der Waals surface area (Å²) in [4.78, 5) is 17.2. The first-order chi connectivity index (χ1) is 9.46. The molecule has 1 atom stereocenters. The minimum absolute atomic E-state index is 0.228. The highest BCUT2D eigenvalue weighted by molar-refractivity contribution is 5.83. The molecule has 0 radical (unpaired) electrons. The molecule has 0 aromatic carbocycles. The lowest BCUT2D eigenvalue weighted by Gasteiger charge is -2.41. The fraction of sp³-hybridized carbons (Fsp3) is 0.933. The number of rotatable bonds is 7. The number of carbonyl (C=O) groups excluding carboxylic acids is 1. The topological polar surface area (TPSA) is 44.8 Å². The van der Waals surface area contributed by atoms with E-state index in [1.54, 1.807) is 7.11 Å². The average Bonchev–Trinajstić information content (AvgIpc) is 2.40. The molecule has 1 fully saturated rings. The van der Waals surface area contributed by atoms with Gasteiger partial charge in [0.05, 0.1) is 12.0 Å². The van der Waals surface area contributed by atoms with Gasteiger partial charge in [-0.05, 0) is 53.9 Å². The van der Waals surface area contributed by atoms with Crippen molar-refractivity contribution in [2.24, 2.45) is 5.41 Å². The van der Waals surface area contributed by atoms with E-state index in [0.29, 0.717) is 6.61 Å². The number of hydrogen-bond acceptors (Lipinski definition) is 4. The summed E-state index contributed by atoms with van der Waals surface area (Å²) in [6.45, 7) is 8.16. The fourth-order valence-corrected chi connectivity index (χ4v) is 3.19. The molecule has 0 saturated carbocycles. The molecule has 5 nitrogen and oxygen atoms in total. The fourth-order valence-electron chi connectivity index (χ4n) is 3.19. The van der Waals surface area contributed by atoms with Crippen LogP contribution in [0.3, 0.4) is 0 Å². The molecule has 1 aliphatic rings. The van der Waals surface area contributed by atoms with E-state index in [1.165, 1.54) is 0 Å². The third kappa shape index (κ3) is 4.17. The second-order valence-corrected chi connectivity index (χ2v) is 6.17. The molecule has 1 unspecified atom stereocenters. The molecule has 20 heavy (non-hydrogen) atoms. The smallest absolute Gasteiger partial charge is 0.231 e. The summed E-state index contributed by atoms with van der Waals surface area (Å²) in [5.41, 5.74) is -0.337. The van der Waals surface area contributed by atoms with Crippen molar-refractivity contribution in [1.82, 2.24) is 15.1 Å². The quantitative estimate of drug-likeness (QED) is 0.751. The number of likely N-dealkylation sites (N-methyl/N-ethyl adjacent to an activating group) is 2. The molecular weight excluding hydrogens is 254 g/mol. The standard InChI is InChI=1S/C15H31N3O2/c1-6-18(13(2)11-17(3)4)14(19)15(12-20-5)7-9-16-10-8-15/h13,16H,6-12H2,1-5H3. The Morgan fingerprint density at radius 3 is 2.40 bits per heavy atom. The van der Waals surface area contributed by atoms with Crippen LogP contribution in [0.25, 0.3) is 0 Å². The Balaban J connectivity index is 2.85. The van der Waals surface area contributed by atoms with E-state index in [-0.39, 0.29) is 17.4 Å². The van der Waals surface area contributed by atoms with Crippen LogP contribution in [0.5, 0.6) is 0 Å². The lowest BCUT2D eigenvalue weighted by Crippen LogP contribution is -2.55. The third-order valence-corrected chi connectivity index (χ3v) is 4.20. The molecule has 118 valence electrons. The van der Waals surface area contributed by atoms with E-state index in [4.69, 9.17) is 4.74 Å². The van der Waals surface area contributed by atoms with Gasteiger partial charge in [-0.2, -0.15) is 0 Å². The van der Waals surface area contributed by atoms with Crippen molar-refractivity contribution in [3.63, 3.8) is 0 Å². The Kier molecular flexibility index (Phi) is 6.92. The van der Waals surface area contributed by atoms with Gasteiger partial charge in [-0.3, -0.25) is 4.79 Å². The molecule has 1 N–H and O–H groups in total. The van der Waals surface area contributed by atoms with E-state index < -0.39 is 0 Å². The Morgan fingerprint density at radius 1 is 1.35 bits per heavy atom. The van der Waals surface area contributed by atoms with Crippen LogP contribution in [0, 0.1) is 5.41 Å². The number of ether oxygens (including phenoxy) is 1. The van der Waals surface area contributed by atoms with Crippen molar-refractivity contribution in [2.45, 2.75) is 32.7 Å². The normalized spacial score (nSPS) is 19.9. The maximum absolute atomic E-state index is 13.1. The Morgan fingerprint density at radius 2 is 1.95 bits per heavy atom. The molecule has 1 heterocycles. The summed E-state index contributed by atoms with van der Waals surface area (Å²) in [5, 5.41) is 3.34. The van der Waals surface area contributed by atoms with Crippen molar-refractivity contribution in [2.75, 3.05) is 54.0 Å². The van der Waals surface area contributed by atoms with E-state index in [1.807, 2.05) is 19.0 Å². The monoisotopic (exact) mass is 285 g/mol. The molecule has 0 aliphatic carbocycles. The number of nitrogens with zero attached hydrogens (tertiary/aromatic N) is 2. The molecule has 0 bridgehead atoms. The first-order valence-corrected chi connectivity index (χ1v) is 7.62. The molecule has 0 aromatic heterocycles. The highest BCUT2D eigenvalue weighted by atomic mass is 16.5. The van der Waals surface area contributed by atoms with Crippen molar-refractivity contribution in [3.8, 4) is 0 Å². The molecule has 1 saturated heterocycles. The van der Waals surface area contributed by atoms with Crippen molar-refractivity contribution >= 4 is 5.91 Å². The van der Waals surface area contributed by atoms with Crippen molar-refractivity contribution in [3.05, 3.63) is 0 Å². The van der Waals surface area contributed by atoms with E-state index in [0.717, 1.165) is 39.0 Å². The highest BCUT2D eigenvalue weighted by Gasteiger charge is 2.42. The zero-order chi connectivity index (χ0) is 15.2. The number of hydrogen-bond donors (Lipinski definition) is 1. The van der Waals surface area contributed by atoms with Gasteiger partial charge < -0.3 is 19.9 Å². The number of piperidine rings is 1. The third-order valence-electron chi connectivity index (χ3n) is 4.20. The minimum atomic E-state index is -0.337. The van der Waals surface area contributed by atoms with Crippen LogP contribution in [0.15, 0.2) is 0 Å². The van der Waals surface area contributed by atoms with Gasteiger partial charge in [0, 0.05) is 26.2 Å². The predicted octanol–water partition coefficient (Wildman–Crippen LogP) is 0.801. The highest BCUT2D eigenvalue weighted by Crippen LogP contribution is 2.32. The SMILES string of the molecule is CCN(C(=O)C1(COC)CCNCC1)C(C)CN(C)C. The lowest BCUT2D eigenvalue weighted by molar-refractivity contribution is -0.149. The van der Waals surface area contributed by atoms with Crippen LogP contribution in [0.2, 0.25) is 0 Å². The zero-order valence-corrected chi connectivity index (χ0v) is 13.7. The predicted molar refractivity (Wildman–Crippen MR) is 81.8 cm³/mol. The molecule has 1 amide bonds. The summed E-state index contributed by atoms with van der Waals surface area (Å²) < 4.78 is 5.38. The van der Waals surface area contributed by atoms with Crippen LogP contribution in [-0.4, -0.2) is 75.7 Å². The summed E-state index contributed by atoms with van der Waals surface area (Å²) in [6, 6.07) is 0.228. The molecule has 0 spiro atoms. The number of methoxy groups -OCH3 is 1. The molecule has 5 heteroatoms. The van der Waals surface area contributed by atoms with Gasteiger partial charge >= 0.3 is 0 Å². The first kappa shape index (κ1) is 17.4. The number of amides is 1. The van der Waals surface area contributed by atoms with Crippen LogP contribution in [0.4, 0.5) is 0 Å². The van der Waals surface area contributed by atoms with E-state index >= 15 is 0 Å². The van der Waals surface area contributed by atoms with Crippen molar-refractivity contribution in [1.29, 1.82) is 0 Å². The lowest BCUT2D eigenvalue weighted by atomic mass is 9.78. The molecule has 0 aromatic rings. The second-order valence-electron chi connectivity index (χ2n) is 6.17. The molecule has 1 rings (SSSR count). The summed E-state index contributed by atoms with van der Waals surface area (Å²) >= 11 is 0. The molecular formula is C15H31N3O2. The minimum Gasteiger partial charge on any atom is -0.384 e. The first-order valence-electron chi connectivity index (χ1n) is 7.62. The van der Waals surface area contributed by atoms with E-state index in [9.17, 15) is 4.79 Å². The average molecular weight is 285 g/mol. The van der Waals surface area contributed by atoms with Gasteiger partial charge in [0.15, 0.2) is 0 Å². The van der Waals surface area contributed by atoms with E-state index in [2.05, 4.69) is 24.1 Å². The maximum atomic E-state index is 13.1. The van der Waals surface area contributed by atoms with Gasteiger partial charge in [-0.25, -0.2) is 0 Å². The zero-order valence-electron chi connectivity index (χ0n) is 13.7. The molecule has 1 aliphatic heterocycles. The Hall–Kier alpha value is -0.650. The summed E-state index contributed by atoms with van der Waals surface area (Å²) in [6.07, 6.45) is 1.73. The summed E-state index contributed by atoms with van der Waals surface area (Å²) in [7, 11) is 5.78. The van der Waals surface area contributed by atoms with Gasteiger partial charge in [-0.15, -0.1) is 0 Å². The van der Waals surface area contributed by atoms with Crippen LogP contribution in [-0.2, 0) is 9.53 Å². The Bertz CT molecular complexity index is 296.